The van der Waals surface area contributed by atoms with E-state index in [-0.39, 0.29) is 23.0 Å². The lowest BCUT2D eigenvalue weighted by molar-refractivity contribution is -0.118. The summed E-state index contributed by atoms with van der Waals surface area (Å²) in [5.41, 5.74) is 1.62. The molecule has 0 spiro atoms. The molecule has 3 rings (SSSR count). The number of fused-ring (bicyclic) bond motifs is 1. The van der Waals surface area contributed by atoms with Gasteiger partial charge in [-0.1, -0.05) is 25.9 Å². The van der Waals surface area contributed by atoms with E-state index < -0.39 is 0 Å². The van der Waals surface area contributed by atoms with Crippen LogP contribution in [0.4, 0.5) is 0 Å². The summed E-state index contributed by atoms with van der Waals surface area (Å²) in [5.74, 6) is -0.0273. The molecule has 0 unspecified atom stereocenters. The number of aromatic nitrogens is 2. The van der Waals surface area contributed by atoms with Gasteiger partial charge in [0.15, 0.2) is 0 Å². The molecule has 0 aromatic carbocycles. The van der Waals surface area contributed by atoms with Crippen LogP contribution in [-0.2, 0) is 11.2 Å². The average Bonchev–Trinajstić information content (AvgIpc) is 2.85. The van der Waals surface area contributed by atoms with Crippen molar-refractivity contribution in [2.45, 2.75) is 59.7 Å². The molecule has 1 amide bonds. The van der Waals surface area contributed by atoms with Crippen LogP contribution in [0.5, 0.6) is 0 Å². The van der Waals surface area contributed by atoms with Crippen molar-refractivity contribution in [2.75, 3.05) is 13.1 Å². The summed E-state index contributed by atoms with van der Waals surface area (Å²) in [6, 6.07) is 1.86. The van der Waals surface area contributed by atoms with Crippen LogP contribution in [0.3, 0.4) is 0 Å². The molecule has 1 aliphatic rings. The second kappa shape index (κ2) is 6.09. The molecule has 0 saturated carbocycles. The van der Waals surface area contributed by atoms with Gasteiger partial charge in [0, 0.05) is 19.3 Å². The lowest BCUT2D eigenvalue weighted by Crippen LogP contribution is -2.53. The molecular weight excluding hydrogens is 318 g/mol. The lowest BCUT2D eigenvalue weighted by atomic mass is 9.89. The van der Waals surface area contributed by atoms with Crippen molar-refractivity contribution >= 4 is 17.0 Å². The van der Waals surface area contributed by atoms with Gasteiger partial charge in [-0.05, 0) is 38.7 Å². The standard InChI is InChI=1S/C19H27N3O3/c1-12-10-22(11-19(5,6)24-12)17(23)13-7-14-15(8-18(2,3)4)21-25-16(14)20-9-13/h7,9,12H,8,10-11H2,1-6H3/t12-/m0/s1. The minimum Gasteiger partial charge on any atom is -0.369 e. The van der Waals surface area contributed by atoms with Gasteiger partial charge in [0.05, 0.1) is 28.3 Å². The van der Waals surface area contributed by atoms with E-state index >= 15 is 0 Å². The first-order chi connectivity index (χ1) is 11.5. The number of pyridine rings is 1. The first kappa shape index (κ1) is 17.9. The molecule has 136 valence electrons. The lowest BCUT2D eigenvalue weighted by Gasteiger charge is -2.41. The number of hydrogen-bond donors (Lipinski definition) is 0. The Balaban J connectivity index is 1.90. The van der Waals surface area contributed by atoms with E-state index in [1.54, 1.807) is 6.20 Å². The Morgan fingerprint density at radius 3 is 2.76 bits per heavy atom. The van der Waals surface area contributed by atoms with Gasteiger partial charge in [-0.25, -0.2) is 4.98 Å². The van der Waals surface area contributed by atoms with Gasteiger partial charge in [-0.2, -0.15) is 0 Å². The molecule has 1 saturated heterocycles. The van der Waals surface area contributed by atoms with Crippen LogP contribution in [0.2, 0.25) is 0 Å². The Kier molecular flexibility index (Phi) is 4.35. The fraction of sp³-hybridized carbons (Fsp3) is 0.632. The molecule has 6 nitrogen and oxygen atoms in total. The fourth-order valence-electron chi connectivity index (χ4n) is 3.42. The molecule has 2 aromatic heterocycles. The molecule has 0 aliphatic carbocycles. The second-order valence-electron chi connectivity index (χ2n) is 8.82. The maximum absolute atomic E-state index is 13.0. The summed E-state index contributed by atoms with van der Waals surface area (Å²) in [6.07, 6.45) is 2.35. The largest absolute Gasteiger partial charge is 0.369 e. The van der Waals surface area contributed by atoms with Gasteiger partial charge >= 0.3 is 0 Å². The van der Waals surface area contributed by atoms with Crippen molar-refractivity contribution in [3.05, 3.63) is 23.5 Å². The average molecular weight is 345 g/mol. The van der Waals surface area contributed by atoms with Crippen LogP contribution >= 0.6 is 0 Å². The van der Waals surface area contributed by atoms with E-state index in [4.69, 9.17) is 9.26 Å². The maximum atomic E-state index is 13.0. The normalized spacial score (nSPS) is 20.9. The zero-order chi connectivity index (χ0) is 18.4. The highest BCUT2D eigenvalue weighted by molar-refractivity contribution is 5.97. The number of carbonyl (C=O) groups excluding carboxylic acids is 1. The highest BCUT2D eigenvalue weighted by Crippen LogP contribution is 2.27. The first-order valence-electron chi connectivity index (χ1n) is 8.75. The van der Waals surface area contributed by atoms with Crippen molar-refractivity contribution in [3.63, 3.8) is 0 Å². The molecule has 6 heteroatoms. The van der Waals surface area contributed by atoms with Crippen molar-refractivity contribution in [1.82, 2.24) is 15.0 Å². The van der Waals surface area contributed by atoms with Gasteiger partial charge in [-0.3, -0.25) is 4.79 Å². The molecule has 0 radical (unpaired) electrons. The maximum Gasteiger partial charge on any atom is 0.257 e. The molecular formula is C19H27N3O3. The zero-order valence-corrected chi connectivity index (χ0v) is 15.9. The van der Waals surface area contributed by atoms with Crippen LogP contribution in [0, 0.1) is 5.41 Å². The van der Waals surface area contributed by atoms with Gasteiger partial charge in [0.1, 0.15) is 0 Å². The summed E-state index contributed by atoms with van der Waals surface area (Å²) < 4.78 is 11.2. The predicted molar refractivity (Wildman–Crippen MR) is 95.5 cm³/mol. The number of rotatable bonds is 2. The van der Waals surface area contributed by atoms with E-state index in [2.05, 4.69) is 30.9 Å². The Morgan fingerprint density at radius 1 is 1.40 bits per heavy atom. The van der Waals surface area contributed by atoms with Crippen LogP contribution in [0.25, 0.3) is 11.1 Å². The van der Waals surface area contributed by atoms with E-state index in [0.717, 1.165) is 17.5 Å². The molecule has 1 fully saturated rings. The zero-order valence-electron chi connectivity index (χ0n) is 15.9. The number of hydrogen-bond acceptors (Lipinski definition) is 5. The Hall–Kier alpha value is -1.95. The number of carbonyl (C=O) groups is 1. The molecule has 25 heavy (non-hydrogen) atoms. The fourth-order valence-corrected chi connectivity index (χ4v) is 3.42. The highest BCUT2D eigenvalue weighted by Gasteiger charge is 2.34. The molecule has 2 aromatic rings. The predicted octanol–water partition coefficient (Wildman–Crippen LogP) is 3.45. The topological polar surface area (TPSA) is 68.5 Å². The minimum absolute atomic E-state index is 0.0106. The van der Waals surface area contributed by atoms with E-state index in [0.29, 0.717) is 24.4 Å². The van der Waals surface area contributed by atoms with E-state index in [1.165, 1.54) is 0 Å². The Morgan fingerprint density at radius 2 is 2.12 bits per heavy atom. The smallest absolute Gasteiger partial charge is 0.257 e. The third kappa shape index (κ3) is 4.00. The Labute approximate surface area is 148 Å². The molecule has 1 atom stereocenters. The third-order valence-corrected chi connectivity index (χ3v) is 4.21. The molecule has 0 bridgehead atoms. The van der Waals surface area contributed by atoms with Crippen molar-refractivity contribution < 1.29 is 14.1 Å². The van der Waals surface area contributed by atoms with Crippen molar-refractivity contribution in [1.29, 1.82) is 0 Å². The van der Waals surface area contributed by atoms with Crippen molar-refractivity contribution in [2.24, 2.45) is 5.41 Å². The molecule has 0 N–H and O–H groups in total. The van der Waals surface area contributed by atoms with Gasteiger partial charge < -0.3 is 14.2 Å². The van der Waals surface area contributed by atoms with Gasteiger partial charge in [0.2, 0.25) is 0 Å². The van der Waals surface area contributed by atoms with Crippen LogP contribution in [0.15, 0.2) is 16.8 Å². The number of amides is 1. The summed E-state index contributed by atoms with van der Waals surface area (Å²) in [6.45, 7) is 13.6. The number of morpholine rings is 1. The van der Waals surface area contributed by atoms with E-state index in [1.807, 2.05) is 31.7 Å². The van der Waals surface area contributed by atoms with Gasteiger partial charge in [0.25, 0.3) is 11.6 Å². The van der Waals surface area contributed by atoms with Crippen LogP contribution < -0.4 is 0 Å². The Bertz CT molecular complexity index is 789. The summed E-state index contributed by atoms with van der Waals surface area (Å²) in [4.78, 5) is 19.1. The second-order valence-corrected chi connectivity index (χ2v) is 8.82. The van der Waals surface area contributed by atoms with Gasteiger partial charge in [-0.15, -0.1) is 0 Å². The summed E-state index contributed by atoms with van der Waals surface area (Å²) in [7, 11) is 0. The molecule has 3 heterocycles. The van der Waals surface area contributed by atoms with Crippen molar-refractivity contribution in [3.8, 4) is 0 Å². The summed E-state index contributed by atoms with van der Waals surface area (Å²) >= 11 is 0. The van der Waals surface area contributed by atoms with Crippen LogP contribution in [0.1, 0.15) is 57.6 Å². The molecule has 1 aliphatic heterocycles. The highest BCUT2D eigenvalue weighted by atomic mass is 16.5. The quantitative estimate of drug-likeness (QED) is 0.834. The summed E-state index contributed by atoms with van der Waals surface area (Å²) in [5, 5.41) is 4.97. The monoisotopic (exact) mass is 345 g/mol. The number of ether oxygens (including phenoxy) is 1. The van der Waals surface area contributed by atoms with Crippen LogP contribution in [-0.4, -0.2) is 45.7 Å². The number of nitrogens with zero attached hydrogens (tertiary/aromatic N) is 3. The SMILES string of the molecule is C[C@H]1CN(C(=O)c2cnc3onc(CC(C)(C)C)c3c2)CC(C)(C)O1. The first-order valence-corrected chi connectivity index (χ1v) is 8.75. The minimum atomic E-state index is -0.348. The van der Waals surface area contributed by atoms with E-state index in [9.17, 15) is 4.79 Å². The third-order valence-electron chi connectivity index (χ3n) is 4.21.